The van der Waals surface area contributed by atoms with E-state index in [1.54, 1.807) is 12.1 Å². The van der Waals surface area contributed by atoms with Crippen LogP contribution in [0.4, 0.5) is 5.69 Å². The van der Waals surface area contributed by atoms with Gasteiger partial charge in [-0.1, -0.05) is 6.07 Å². The Labute approximate surface area is 166 Å². The van der Waals surface area contributed by atoms with Crippen molar-refractivity contribution in [3.8, 4) is 10.8 Å². The third kappa shape index (κ3) is 3.71. The molecule has 10 heteroatoms. The molecule has 1 atom stereocenters. The van der Waals surface area contributed by atoms with Gasteiger partial charge in [0.1, 0.15) is 0 Å². The molecule has 0 aliphatic carbocycles. The quantitative estimate of drug-likeness (QED) is 0.683. The normalized spacial score (nSPS) is 17.7. The smallest absolute Gasteiger partial charge is 0.257 e. The molecule has 1 aliphatic heterocycles. The van der Waals surface area contributed by atoms with Crippen LogP contribution >= 0.6 is 11.3 Å². The van der Waals surface area contributed by atoms with Crippen LogP contribution in [0.2, 0.25) is 0 Å². The second-order valence-corrected chi connectivity index (χ2v) is 9.36. The fourth-order valence-corrected chi connectivity index (χ4v) is 5.25. The molecule has 8 nitrogen and oxygen atoms in total. The van der Waals surface area contributed by atoms with Crippen molar-refractivity contribution in [1.82, 2.24) is 14.5 Å². The zero-order valence-corrected chi connectivity index (χ0v) is 16.7. The molecular weight excluding hydrogens is 400 g/mol. The molecule has 1 saturated heterocycles. The molecule has 3 aromatic rings. The molecule has 1 fully saturated rings. The Kier molecular flexibility index (Phi) is 5.00. The summed E-state index contributed by atoms with van der Waals surface area (Å²) in [5, 5.41) is 12.7. The van der Waals surface area contributed by atoms with Gasteiger partial charge in [-0.3, -0.25) is 4.79 Å². The Balaban J connectivity index is 1.48. The molecule has 1 N–H and O–H groups in total. The Morgan fingerprint density at radius 1 is 1.25 bits per heavy atom. The van der Waals surface area contributed by atoms with E-state index in [1.807, 2.05) is 17.5 Å². The average molecular weight is 419 g/mol. The standard InChI is InChI=1S/C18H18N4O4S2/c1-12(23)19-14-4-6-15(7-5-14)28(24,25)22-9-8-13(11-22)17-20-21-18(26-17)16-3-2-10-27-16/h2-7,10,13H,8-9,11H2,1H3,(H,19,23)/t13-/m1/s1. The van der Waals surface area contributed by atoms with Gasteiger partial charge in [-0.25, -0.2) is 8.42 Å². The first-order valence-corrected chi connectivity index (χ1v) is 11.0. The van der Waals surface area contributed by atoms with E-state index in [1.165, 1.54) is 34.7 Å². The van der Waals surface area contributed by atoms with Crippen LogP contribution in [0.15, 0.2) is 51.1 Å². The molecular formula is C18H18N4O4S2. The molecule has 2 aromatic heterocycles. The minimum atomic E-state index is -3.63. The fourth-order valence-electron chi connectivity index (χ4n) is 3.11. The number of sulfonamides is 1. The lowest BCUT2D eigenvalue weighted by Gasteiger charge is -2.16. The number of nitrogens with zero attached hydrogens (tertiary/aromatic N) is 3. The van der Waals surface area contributed by atoms with E-state index in [4.69, 9.17) is 4.42 Å². The van der Waals surface area contributed by atoms with Crippen molar-refractivity contribution in [2.45, 2.75) is 24.2 Å². The average Bonchev–Trinajstić information content (AvgIpc) is 3.40. The van der Waals surface area contributed by atoms with Crippen LogP contribution in [-0.2, 0) is 14.8 Å². The van der Waals surface area contributed by atoms with Gasteiger partial charge < -0.3 is 9.73 Å². The largest absolute Gasteiger partial charge is 0.420 e. The van der Waals surface area contributed by atoms with Crippen molar-refractivity contribution in [3.63, 3.8) is 0 Å². The van der Waals surface area contributed by atoms with E-state index in [2.05, 4.69) is 15.5 Å². The van der Waals surface area contributed by atoms with Gasteiger partial charge in [-0.15, -0.1) is 21.5 Å². The van der Waals surface area contributed by atoms with Gasteiger partial charge in [-0.2, -0.15) is 4.31 Å². The molecule has 0 unspecified atom stereocenters. The molecule has 1 amide bonds. The zero-order chi connectivity index (χ0) is 19.7. The maximum Gasteiger partial charge on any atom is 0.257 e. The molecule has 0 saturated carbocycles. The Morgan fingerprint density at radius 3 is 2.71 bits per heavy atom. The number of aromatic nitrogens is 2. The number of thiophene rings is 1. The summed E-state index contributed by atoms with van der Waals surface area (Å²) in [5.41, 5.74) is 0.553. The molecule has 0 bridgehead atoms. The predicted molar refractivity (Wildman–Crippen MR) is 104 cm³/mol. The van der Waals surface area contributed by atoms with Crippen LogP contribution in [0.3, 0.4) is 0 Å². The SMILES string of the molecule is CC(=O)Nc1ccc(S(=O)(=O)N2CC[C@@H](c3nnc(-c4cccs4)o3)C2)cc1. The lowest BCUT2D eigenvalue weighted by molar-refractivity contribution is -0.114. The molecule has 0 radical (unpaired) electrons. The Hall–Kier alpha value is -2.56. The molecule has 1 aromatic carbocycles. The number of hydrogen-bond donors (Lipinski definition) is 1. The van der Waals surface area contributed by atoms with Crippen molar-refractivity contribution in [3.05, 3.63) is 47.7 Å². The summed E-state index contributed by atoms with van der Waals surface area (Å²) in [6.07, 6.45) is 0.620. The second kappa shape index (κ2) is 7.46. The number of amides is 1. The highest BCUT2D eigenvalue weighted by atomic mass is 32.2. The van der Waals surface area contributed by atoms with Crippen molar-refractivity contribution in [2.75, 3.05) is 18.4 Å². The monoisotopic (exact) mass is 418 g/mol. The summed E-state index contributed by atoms with van der Waals surface area (Å²) in [6.45, 7) is 2.08. The van der Waals surface area contributed by atoms with E-state index < -0.39 is 10.0 Å². The highest BCUT2D eigenvalue weighted by Gasteiger charge is 2.35. The molecule has 4 rings (SSSR count). The number of anilines is 1. The van der Waals surface area contributed by atoms with E-state index in [0.717, 1.165) is 4.88 Å². The first-order chi connectivity index (χ1) is 13.4. The van der Waals surface area contributed by atoms with Crippen LogP contribution < -0.4 is 5.32 Å². The third-order valence-corrected chi connectivity index (χ3v) is 7.22. The maximum absolute atomic E-state index is 12.9. The van der Waals surface area contributed by atoms with Crippen molar-refractivity contribution < 1.29 is 17.6 Å². The summed E-state index contributed by atoms with van der Waals surface area (Å²) in [5.74, 6) is 0.580. The molecule has 28 heavy (non-hydrogen) atoms. The van der Waals surface area contributed by atoms with Gasteiger partial charge in [0.25, 0.3) is 5.89 Å². The number of rotatable bonds is 5. The van der Waals surface area contributed by atoms with E-state index in [0.29, 0.717) is 37.0 Å². The van der Waals surface area contributed by atoms with E-state index >= 15 is 0 Å². The van der Waals surface area contributed by atoms with Crippen molar-refractivity contribution >= 4 is 33.0 Å². The van der Waals surface area contributed by atoms with Gasteiger partial charge >= 0.3 is 0 Å². The molecule has 3 heterocycles. The third-order valence-electron chi connectivity index (χ3n) is 4.49. The summed E-state index contributed by atoms with van der Waals surface area (Å²) in [7, 11) is -3.63. The lowest BCUT2D eigenvalue weighted by Crippen LogP contribution is -2.28. The fraction of sp³-hybridized carbons (Fsp3) is 0.278. The van der Waals surface area contributed by atoms with Crippen molar-refractivity contribution in [2.24, 2.45) is 0 Å². The van der Waals surface area contributed by atoms with Crippen LogP contribution in [0.1, 0.15) is 25.2 Å². The predicted octanol–water partition coefficient (Wildman–Crippen LogP) is 2.93. The van der Waals surface area contributed by atoms with Gasteiger partial charge in [0.2, 0.25) is 21.8 Å². The zero-order valence-electron chi connectivity index (χ0n) is 15.0. The number of nitrogens with one attached hydrogen (secondary N) is 1. The van der Waals surface area contributed by atoms with Crippen molar-refractivity contribution in [1.29, 1.82) is 0 Å². The maximum atomic E-state index is 12.9. The Morgan fingerprint density at radius 2 is 2.04 bits per heavy atom. The van der Waals surface area contributed by atoms with Crippen LogP contribution in [0.25, 0.3) is 10.8 Å². The number of hydrogen-bond acceptors (Lipinski definition) is 7. The summed E-state index contributed by atoms with van der Waals surface area (Å²) < 4.78 is 33.0. The van der Waals surface area contributed by atoms with Gasteiger partial charge in [-0.05, 0) is 42.1 Å². The highest BCUT2D eigenvalue weighted by molar-refractivity contribution is 7.89. The van der Waals surface area contributed by atoms with Crippen LogP contribution in [-0.4, -0.2) is 41.9 Å². The molecule has 146 valence electrons. The molecule has 0 spiro atoms. The second-order valence-electron chi connectivity index (χ2n) is 6.48. The number of carbonyl (C=O) groups excluding carboxylic acids is 1. The summed E-state index contributed by atoms with van der Waals surface area (Å²) in [4.78, 5) is 12.2. The highest BCUT2D eigenvalue weighted by Crippen LogP contribution is 2.32. The first-order valence-electron chi connectivity index (χ1n) is 8.68. The van der Waals surface area contributed by atoms with Crippen LogP contribution in [0, 0.1) is 0 Å². The number of carbonyl (C=O) groups is 1. The lowest BCUT2D eigenvalue weighted by atomic mass is 10.1. The topological polar surface area (TPSA) is 105 Å². The summed E-state index contributed by atoms with van der Waals surface area (Å²) >= 11 is 1.51. The number of benzene rings is 1. The minimum absolute atomic E-state index is 0.130. The Bertz CT molecular complexity index is 1080. The van der Waals surface area contributed by atoms with Crippen LogP contribution in [0.5, 0.6) is 0 Å². The minimum Gasteiger partial charge on any atom is -0.420 e. The molecule has 1 aliphatic rings. The van der Waals surface area contributed by atoms with Gasteiger partial charge in [0.05, 0.1) is 15.7 Å². The van der Waals surface area contributed by atoms with E-state index in [9.17, 15) is 13.2 Å². The summed E-state index contributed by atoms with van der Waals surface area (Å²) in [6, 6.07) is 9.95. The van der Waals surface area contributed by atoms with Gasteiger partial charge in [0, 0.05) is 25.7 Å². The van der Waals surface area contributed by atoms with E-state index in [-0.39, 0.29) is 16.7 Å². The van der Waals surface area contributed by atoms with Gasteiger partial charge in [0.15, 0.2) is 0 Å². The first kappa shape index (κ1) is 18.8.